The van der Waals surface area contributed by atoms with Crippen molar-refractivity contribution >= 4 is 23.3 Å². The summed E-state index contributed by atoms with van der Waals surface area (Å²) in [5.41, 5.74) is 7.30. The van der Waals surface area contributed by atoms with Gasteiger partial charge in [0.25, 0.3) is 0 Å². The van der Waals surface area contributed by atoms with E-state index in [4.69, 9.17) is 10.5 Å². The van der Waals surface area contributed by atoms with Gasteiger partial charge >= 0.3 is 0 Å². The normalized spacial score (nSPS) is 12.7. The lowest BCUT2D eigenvalue weighted by Gasteiger charge is -2.13. The Balaban J connectivity index is 1.90. The van der Waals surface area contributed by atoms with Crippen molar-refractivity contribution in [2.45, 2.75) is 37.3 Å². The minimum atomic E-state index is -0.0164. The summed E-state index contributed by atoms with van der Waals surface area (Å²) in [6, 6.07) is 7.96. The van der Waals surface area contributed by atoms with Crippen LogP contribution in [0.4, 0.5) is 0 Å². The molecule has 0 fully saturated rings. The van der Waals surface area contributed by atoms with Crippen LogP contribution in [-0.2, 0) is 0 Å². The smallest absolute Gasteiger partial charge is 0.170 e. The van der Waals surface area contributed by atoms with E-state index in [-0.39, 0.29) is 12.1 Å². The molecule has 108 valence electrons. The average molecular weight is 309 g/mol. The lowest BCUT2D eigenvalue weighted by Crippen LogP contribution is -2.13. The Morgan fingerprint density at radius 3 is 2.55 bits per heavy atom. The van der Waals surface area contributed by atoms with Gasteiger partial charge in [-0.3, -0.25) is 0 Å². The second kappa shape index (κ2) is 7.06. The summed E-state index contributed by atoms with van der Waals surface area (Å²) in [5, 5.41) is 0. The van der Waals surface area contributed by atoms with Gasteiger partial charge in [0.05, 0.1) is 6.10 Å². The first-order chi connectivity index (χ1) is 9.54. The molecule has 2 N–H and O–H groups in total. The molecule has 1 heterocycles. The van der Waals surface area contributed by atoms with E-state index in [2.05, 4.69) is 9.36 Å². The minimum absolute atomic E-state index is 0.0164. The van der Waals surface area contributed by atoms with Crippen LogP contribution < -0.4 is 10.5 Å². The Morgan fingerprint density at radius 1 is 1.30 bits per heavy atom. The topological polar surface area (TPSA) is 61.0 Å². The molecule has 1 aromatic heterocycles. The highest BCUT2D eigenvalue weighted by Gasteiger charge is 2.09. The quantitative estimate of drug-likeness (QED) is 0.828. The molecule has 1 unspecified atom stereocenters. The van der Waals surface area contributed by atoms with Gasteiger partial charge in [-0.2, -0.15) is 4.37 Å². The van der Waals surface area contributed by atoms with Gasteiger partial charge in [0, 0.05) is 11.8 Å². The van der Waals surface area contributed by atoms with Crippen LogP contribution in [0.25, 0.3) is 0 Å². The summed E-state index contributed by atoms with van der Waals surface area (Å²) >= 11 is 3.07. The number of nitrogens with zero attached hydrogens (tertiary/aromatic N) is 2. The van der Waals surface area contributed by atoms with Gasteiger partial charge in [0.15, 0.2) is 4.34 Å². The fourth-order valence-corrected chi connectivity index (χ4v) is 3.32. The zero-order valence-electron chi connectivity index (χ0n) is 11.9. The number of hydrogen-bond acceptors (Lipinski definition) is 6. The molecule has 6 heteroatoms. The third-order valence-electron chi connectivity index (χ3n) is 2.58. The zero-order valence-corrected chi connectivity index (χ0v) is 13.5. The van der Waals surface area contributed by atoms with Crippen LogP contribution in [0.5, 0.6) is 5.75 Å². The van der Waals surface area contributed by atoms with Gasteiger partial charge in [-0.1, -0.05) is 23.9 Å². The molecule has 0 saturated carbocycles. The van der Waals surface area contributed by atoms with Crippen LogP contribution >= 0.6 is 23.3 Å². The van der Waals surface area contributed by atoms with E-state index < -0.39 is 0 Å². The van der Waals surface area contributed by atoms with Crippen molar-refractivity contribution in [3.63, 3.8) is 0 Å². The summed E-state index contributed by atoms with van der Waals surface area (Å²) in [6.07, 6.45) is 0.186. The highest BCUT2D eigenvalue weighted by atomic mass is 32.2. The Hall–Kier alpha value is -1.11. The molecular formula is C14H19N3OS2. The zero-order chi connectivity index (χ0) is 14.5. The molecule has 0 aliphatic rings. The highest BCUT2D eigenvalue weighted by molar-refractivity contribution is 8.00. The molecule has 4 nitrogen and oxygen atoms in total. The number of rotatable bonds is 6. The number of nitrogens with two attached hydrogens (primary N) is 1. The highest BCUT2D eigenvalue weighted by Crippen LogP contribution is 2.25. The van der Waals surface area contributed by atoms with Crippen LogP contribution in [0, 0.1) is 6.92 Å². The lowest BCUT2D eigenvalue weighted by atomic mass is 10.1. The molecule has 20 heavy (non-hydrogen) atoms. The second-order valence-corrected chi connectivity index (χ2v) is 6.78. The molecule has 0 bridgehead atoms. The maximum absolute atomic E-state index is 6.20. The predicted molar refractivity (Wildman–Crippen MR) is 84.5 cm³/mol. The molecule has 0 saturated heterocycles. The lowest BCUT2D eigenvalue weighted by molar-refractivity contribution is 0.242. The Morgan fingerprint density at radius 2 is 2.00 bits per heavy atom. The molecule has 0 aliphatic carbocycles. The molecule has 1 atom stereocenters. The first-order valence-electron chi connectivity index (χ1n) is 6.50. The van der Waals surface area contributed by atoms with Gasteiger partial charge in [-0.25, -0.2) is 4.98 Å². The van der Waals surface area contributed by atoms with Crippen molar-refractivity contribution < 1.29 is 4.74 Å². The number of ether oxygens (including phenoxy) is 1. The third kappa shape index (κ3) is 4.47. The number of thioether (sulfide) groups is 1. The monoisotopic (exact) mass is 309 g/mol. The predicted octanol–water partition coefficient (Wildman–Crippen LogP) is 3.43. The molecule has 2 aromatic rings. The van der Waals surface area contributed by atoms with E-state index in [1.54, 1.807) is 11.8 Å². The van der Waals surface area contributed by atoms with E-state index in [0.29, 0.717) is 0 Å². The van der Waals surface area contributed by atoms with Crippen molar-refractivity contribution in [3.05, 3.63) is 35.7 Å². The van der Waals surface area contributed by atoms with E-state index in [9.17, 15) is 0 Å². The van der Waals surface area contributed by atoms with Crippen LogP contribution in [0.15, 0.2) is 28.6 Å². The molecular weight excluding hydrogens is 290 g/mol. The molecule has 0 spiro atoms. The molecule has 0 aliphatic heterocycles. The van der Waals surface area contributed by atoms with E-state index >= 15 is 0 Å². The van der Waals surface area contributed by atoms with Gasteiger partial charge in [0.1, 0.15) is 11.6 Å². The Labute approximate surface area is 127 Å². The van der Waals surface area contributed by atoms with E-state index in [0.717, 1.165) is 27.2 Å². The number of aryl methyl sites for hydroxylation is 1. The number of hydrogen-bond donors (Lipinski definition) is 1. The van der Waals surface area contributed by atoms with Crippen molar-refractivity contribution in [3.8, 4) is 5.75 Å². The van der Waals surface area contributed by atoms with Crippen LogP contribution in [0.2, 0.25) is 0 Å². The summed E-state index contributed by atoms with van der Waals surface area (Å²) in [4.78, 5) is 4.32. The SMILES string of the molecule is Cc1nsc(SCC(N)c2ccc(OC(C)C)cc2)n1. The van der Waals surface area contributed by atoms with Gasteiger partial charge in [0.2, 0.25) is 0 Å². The van der Waals surface area contributed by atoms with Gasteiger partial charge in [-0.15, -0.1) is 0 Å². The molecule has 2 rings (SSSR count). The van der Waals surface area contributed by atoms with E-state index in [1.807, 2.05) is 45.0 Å². The van der Waals surface area contributed by atoms with Crippen LogP contribution in [0.3, 0.4) is 0 Å². The fraction of sp³-hybridized carbons (Fsp3) is 0.429. The summed E-state index contributed by atoms with van der Waals surface area (Å²) in [6.45, 7) is 5.93. The first kappa shape index (κ1) is 15.3. The Kier molecular flexibility index (Phi) is 5.39. The van der Waals surface area contributed by atoms with Crippen LogP contribution in [-0.4, -0.2) is 21.2 Å². The van der Waals surface area contributed by atoms with Crippen molar-refractivity contribution in [2.75, 3.05) is 5.75 Å². The largest absolute Gasteiger partial charge is 0.491 e. The van der Waals surface area contributed by atoms with Crippen molar-refractivity contribution in [1.29, 1.82) is 0 Å². The molecule has 0 radical (unpaired) electrons. The van der Waals surface area contributed by atoms with Crippen molar-refractivity contribution in [2.24, 2.45) is 5.73 Å². The maximum Gasteiger partial charge on any atom is 0.170 e. The van der Waals surface area contributed by atoms with Crippen molar-refractivity contribution in [1.82, 2.24) is 9.36 Å². The number of aromatic nitrogens is 2. The number of benzene rings is 1. The first-order valence-corrected chi connectivity index (χ1v) is 8.26. The van der Waals surface area contributed by atoms with E-state index in [1.165, 1.54) is 11.5 Å². The fourth-order valence-electron chi connectivity index (χ4n) is 1.66. The maximum atomic E-state index is 6.20. The summed E-state index contributed by atoms with van der Waals surface area (Å²) in [5.74, 6) is 2.49. The standard InChI is InChI=1S/C14H19N3OS2/c1-9(2)18-12-6-4-11(5-7-12)13(15)8-19-14-16-10(3)17-20-14/h4-7,9,13H,8,15H2,1-3H3. The summed E-state index contributed by atoms with van der Waals surface area (Å²) < 4.78 is 10.7. The average Bonchev–Trinajstić information content (AvgIpc) is 2.82. The van der Waals surface area contributed by atoms with Crippen LogP contribution in [0.1, 0.15) is 31.3 Å². The third-order valence-corrected chi connectivity index (χ3v) is 4.62. The summed E-state index contributed by atoms with van der Waals surface area (Å²) in [7, 11) is 0. The van der Waals surface area contributed by atoms with Gasteiger partial charge in [-0.05, 0) is 50.0 Å². The minimum Gasteiger partial charge on any atom is -0.491 e. The Bertz CT molecular complexity index is 540. The molecule has 0 amide bonds. The second-order valence-electron chi connectivity index (χ2n) is 4.76. The van der Waals surface area contributed by atoms with Gasteiger partial charge < -0.3 is 10.5 Å². The molecule has 1 aromatic carbocycles.